The highest BCUT2D eigenvalue weighted by Crippen LogP contribution is 2.51. The molecular weight excluding hydrogens is 432 g/mol. The molecule has 180 valence electrons. The van der Waals surface area contributed by atoms with E-state index >= 15 is 0 Å². The number of rotatable bonds is 8. The first-order chi connectivity index (χ1) is 15.6. The van der Waals surface area contributed by atoms with Crippen LogP contribution in [0.1, 0.15) is 75.5 Å². The summed E-state index contributed by atoms with van der Waals surface area (Å²) in [7, 11) is -0.0839. The monoisotopic (exact) mass is 470 g/mol. The minimum Gasteiger partial charge on any atom is -0.493 e. The van der Waals surface area contributed by atoms with Crippen molar-refractivity contribution in [3.63, 3.8) is 0 Å². The molecule has 2 aromatic rings. The maximum absolute atomic E-state index is 13.5. The topological polar surface area (TPSA) is 52.6 Å². The lowest BCUT2D eigenvalue weighted by Crippen LogP contribution is -2.27. The second-order valence-electron chi connectivity index (χ2n) is 9.70. The molecule has 1 aliphatic rings. The second kappa shape index (κ2) is 10.3. The van der Waals surface area contributed by atoms with Crippen LogP contribution in [0.3, 0.4) is 0 Å². The molecule has 0 heterocycles. The van der Waals surface area contributed by atoms with Gasteiger partial charge in [-0.2, -0.15) is 0 Å². The van der Waals surface area contributed by atoms with Crippen LogP contribution in [-0.2, 0) is 9.84 Å². The van der Waals surface area contributed by atoms with Crippen molar-refractivity contribution in [1.82, 2.24) is 0 Å². The maximum Gasteiger partial charge on any atom is 0.184 e. The van der Waals surface area contributed by atoms with Crippen LogP contribution in [0, 0.1) is 12.8 Å². The van der Waals surface area contributed by atoms with Gasteiger partial charge in [-0.3, -0.25) is 0 Å². The van der Waals surface area contributed by atoms with Crippen molar-refractivity contribution in [2.75, 3.05) is 14.2 Å². The highest BCUT2D eigenvalue weighted by molar-refractivity contribution is 7.92. The van der Waals surface area contributed by atoms with Crippen LogP contribution >= 0.6 is 0 Å². The number of ether oxygens (including phenoxy) is 2. The van der Waals surface area contributed by atoms with E-state index in [1.165, 1.54) is 11.1 Å². The number of allylic oxidation sites excluding steroid dienone is 1. The van der Waals surface area contributed by atoms with Crippen LogP contribution < -0.4 is 9.47 Å². The fourth-order valence-corrected chi connectivity index (χ4v) is 7.27. The highest BCUT2D eigenvalue weighted by atomic mass is 32.2. The molecule has 0 aliphatic heterocycles. The molecule has 0 saturated carbocycles. The van der Waals surface area contributed by atoms with Gasteiger partial charge in [0.15, 0.2) is 21.3 Å². The van der Waals surface area contributed by atoms with E-state index in [-0.39, 0.29) is 11.8 Å². The van der Waals surface area contributed by atoms with E-state index in [9.17, 15) is 8.42 Å². The average Bonchev–Trinajstić information content (AvgIpc) is 2.78. The number of fused-ring (bicyclic) bond motifs is 1. The fraction of sp³-hybridized carbons (Fsp3) is 0.500. The van der Waals surface area contributed by atoms with Gasteiger partial charge < -0.3 is 9.47 Å². The van der Waals surface area contributed by atoms with Crippen molar-refractivity contribution >= 4 is 9.84 Å². The summed E-state index contributed by atoms with van der Waals surface area (Å²) < 4.78 is 38.6. The fourth-order valence-electron chi connectivity index (χ4n) is 5.37. The quantitative estimate of drug-likeness (QED) is 0.397. The predicted molar refractivity (Wildman–Crippen MR) is 135 cm³/mol. The zero-order chi connectivity index (χ0) is 24.3. The van der Waals surface area contributed by atoms with Crippen molar-refractivity contribution < 1.29 is 17.9 Å². The molecule has 0 N–H and O–H groups in total. The summed E-state index contributed by atoms with van der Waals surface area (Å²) in [6.45, 7) is 10.4. The van der Waals surface area contributed by atoms with E-state index in [0.29, 0.717) is 17.2 Å². The first-order valence-electron chi connectivity index (χ1n) is 11.8. The zero-order valence-electron chi connectivity index (χ0n) is 21.0. The predicted octanol–water partition coefficient (Wildman–Crippen LogP) is 6.83. The highest BCUT2D eigenvalue weighted by Gasteiger charge is 2.36. The van der Waals surface area contributed by atoms with Crippen LogP contribution in [0.4, 0.5) is 0 Å². The van der Waals surface area contributed by atoms with Crippen molar-refractivity contribution in [2.24, 2.45) is 5.92 Å². The van der Waals surface area contributed by atoms with E-state index in [1.807, 2.05) is 26.0 Å². The Morgan fingerprint density at radius 2 is 1.73 bits per heavy atom. The number of benzene rings is 2. The van der Waals surface area contributed by atoms with E-state index in [1.54, 1.807) is 38.5 Å². The van der Waals surface area contributed by atoms with Crippen LogP contribution in [0.15, 0.2) is 52.9 Å². The Morgan fingerprint density at radius 1 is 1.09 bits per heavy atom. The molecule has 1 aliphatic carbocycles. The number of hydrogen-bond acceptors (Lipinski definition) is 4. The third-order valence-electron chi connectivity index (χ3n) is 6.98. The lowest BCUT2D eigenvalue weighted by Gasteiger charge is -2.36. The maximum atomic E-state index is 13.5. The van der Waals surface area contributed by atoms with Crippen LogP contribution in [0.5, 0.6) is 11.5 Å². The van der Waals surface area contributed by atoms with Gasteiger partial charge in [0.25, 0.3) is 0 Å². The van der Waals surface area contributed by atoms with E-state index < -0.39 is 15.1 Å². The molecule has 0 radical (unpaired) electrons. The molecule has 0 bridgehead atoms. The van der Waals surface area contributed by atoms with Gasteiger partial charge in [0, 0.05) is 5.56 Å². The smallest absolute Gasteiger partial charge is 0.184 e. The summed E-state index contributed by atoms with van der Waals surface area (Å²) in [5, 5.41) is -0.552. The number of hydrogen-bond donors (Lipinski definition) is 0. The third-order valence-corrected chi connectivity index (χ3v) is 9.04. The molecule has 3 rings (SSSR count). The van der Waals surface area contributed by atoms with Gasteiger partial charge in [0.1, 0.15) is 0 Å². The van der Waals surface area contributed by atoms with Gasteiger partial charge in [-0.15, -0.1) is 0 Å². The minimum atomic E-state index is -3.47. The molecular formula is C28H38O4S. The van der Waals surface area contributed by atoms with Gasteiger partial charge >= 0.3 is 0 Å². The summed E-state index contributed by atoms with van der Waals surface area (Å²) >= 11 is 0. The molecule has 0 spiro atoms. The Balaban J connectivity index is 2.02. The third kappa shape index (κ3) is 5.13. The lowest BCUT2D eigenvalue weighted by atomic mass is 9.70. The number of methoxy groups -OCH3 is 2. The summed E-state index contributed by atoms with van der Waals surface area (Å²) in [4.78, 5) is 0.389. The second-order valence-corrected chi connectivity index (χ2v) is 11.9. The van der Waals surface area contributed by atoms with Crippen molar-refractivity contribution in [3.05, 3.63) is 64.7 Å². The van der Waals surface area contributed by atoms with Crippen LogP contribution in [0.2, 0.25) is 0 Å². The van der Waals surface area contributed by atoms with Crippen molar-refractivity contribution in [2.45, 2.75) is 75.9 Å². The summed E-state index contributed by atoms with van der Waals surface area (Å²) in [5.41, 5.74) is 4.57. The Morgan fingerprint density at radius 3 is 2.30 bits per heavy atom. The molecule has 0 saturated heterocycles. The molecule has 4 atom stereocenters. The van der Waals surface area contributed by atoms with E-state index in [0.717, 1.165) is 35.5 Å². The minimum absolute atomic E-state index is 0.188. The summed E-state index contributed by atoms with van der Waals surface area (Å²) in [6.07, 6.45) is 4.58. The Labute approximate surface area is 199 Å². The van der Waals surface area contributed by atoms with Crippen LogP contribution in [-0.4, -0.2) is 27.9 Å². The molecule has 4 nitrogen and oxygen atoms in total. The van der Waals surface area contributed by atoms with Gasteiger partial charge in [0.05, 0.1) is 24.4 Å². The Kier molecular flexibility index (Phi) is 7.94. The normalized spacial score (nSPS) is 19.8. The number of aryl methyl sites for hydroxylation is 1. The van der Waals surface area contributed by atoms with Gasteiger partial charge in [-0.05, 0) is 81.0 Å². The molecule has 5 heteroatoms. The van der Waals surface area contributed by atoms with Gasteiger partial charge in [-0.1, -0.05) is 49.8 Å². The van der Waals surface area contributed by atoms with Gasteiger partial charge in [-0.25, -0.2) is 8.42 Å². The molecule has 1 unspecified atom stereocenters. The summed E-state index contributed by atoms with van der Waals surface area (Å²) in [6, 6.07) is 11.1. The van der Waals surface area contributed by atoms with E-state index in [2.05, 4.69) is 26.8 Å². The van der Waals surface area contributed by atoms with Crippen molar-refractivity contribution in [1.29, 1.82) is 0 Å². The first kappa shape index (κ1) is 25.4. The standard InChI is InChI=1S/C28H38O4S/c1-18(2)15-23(33(29,30)22-11-9-8-10-12-22)16-20(4)24-14-13-19(3)26-25(24)17-21(5)27(31-6)28(26)32-7/h8-12,15,17,19-20,23-24H,13-14,16H2,1-7H3/t19-,20-,23?,24+/m0/s1. The molecule has 0 fully saturated rings. The largest absolute Gasteiger partial charge is 0.493 e. The Hall–Kier alpha value is -2.27. The SMILES string of the molecule is COc1c(C)cc2c(c1OC)[C@@H](C)CC[C@@H]2[C@@H](C)CC(C=C(C)C)S(=O)(=O)c1ccccc1. The molecule has 2 aromatic carbocycles. The van der Waals surface area contributed by atoms with Crippen LogP contribution in [0.25, 0.3) is 0 Å². The molecule has 33 heavy (non-hydrogen) atoms. The molecule has 0 amide bonds. The lowest BCUT2D eigenvalue weighted by molar-refractivity contribution is 0.329. The van der Waals surface area contributed by atoms with E-state index in [4.69, 9.17) is 9.47 Å². The summed E-state index contributed by atoms with van der Waals surface area (Å²) in [5.74, 6) is 2.45. The average molecular weight is 471 g/mol. The first-order valence-corrected chi connectivity index (χ1v) is 13.4. The molecule has 0 aromatic heterocycles. The zero-order valence-corrected chi connectivity index (χ0v) is 21.8. The number of sulfone groups is 1. The van der Waals surface area contributed by atoms with Crippen molar-refractivity contribution in [3.8, 4) is 11.5 Å². The van der Waals surface area contributed by atoms with Gasteiger partial charge in [0.2, 0.25) is 0 Å². The Bertz CT molecular complexity index is 1100.